The molecule has 0 aliphatic carbocycles. The quantitative estimate of drug-likeness (QED) is 0.857. The average Bonchev–Trinajstić information content (AvgIpc) is 3.13. The Hall–Kier alpha value is -2.44. The second-order valence-corrected chi connectivity index (χ2v) is 6.43. The van der Waals surface area contributed by atoms with Gasteiger partial charge in [0, 0.05) is 38.3 Å². The van der Waals surface area contributed by atoms with Gasteiger partial charge in [0.25, 0.3) is 5.91 Å². The van der Waals surface area contributed by atoms with E-state index >= 15 is 0 Å². The first kappa shape index (κ1) is 14.2. The van der Waals surface area contributed by atoms with Crippen molar-refractivity contribution in [3.05, 3.63) is 24.2 Å². The van der Waals surface area contributed by atoms with Crippen LogP contribution in [0.5, 0.6) is 0 Å². The van der Waals surface area contributed by atoms with Crippen molar-refractivity contribution in [2.75, 3.05) is 20.1 Å². The maximum absolute atomic E-state index is 12.6. The largest absolute Gasteiger partial charge is 0.340 e. The van der Waals surface area contributed by atoms with Gasteiger partial charge in [-0.1, -0.05) is 0 Å². The Morgan fingerprint density at radius 1 is 1.30 bits per heavy atom. The number of nitrogens with zero attached hydrogens (tertiary/aromatic N) is 4. The van der Waals surface area contributed by atoms with Gasteiger partial charge < -0.3 is 14.8 Å². The molecule has 4 heterocycles. The molecule has 0 bridgehead atoms. The molecule has 4 rings (SSSR count). The molecule has 23 heavy (non-hydrogen) atoms. The van der Waals surface area contributed by atoms with Gasteiger partial charge in [0.1, 0.15) is 0 Å². The van der Waals surface area contributed by atoms with Crippen molar-refractivity contribution in [2.45, 2.75) is 31.2 Å². The Morgan fingerprint density at radius 2 is 2.09 bits per heavy atom. The first-order chi connectivity index (χ1) is 11.1. The van der Waals surface area contributed by atoms with Crippen LogP contribution in [0.2, 0.25) is 0 Å². The molecule has 0 aromatic carbocycles. The van der Waals surface area contributed by atoms with Crippen LogP contribution in [0.4, 0.5) is 0 Å². The van der Waals surface area contributed by atoms with E-state index in [0.717, 1.165) is 24.8 Å². The van der Waals surface area contributed by atoms with E-state index in [1.807, 2.05) is 29.0 Å². The van der Waals surface area contributed by atoms with Gasteiger partial charge in [-0.2, -0.15) is 0 Å². The molecule has 120 valence electrons. The van der Waals surface area contributed by atoms with Crippen molar-refractivity contribution < 1.29 is 9.59 Å². The first-order valence-electron chi connectivity index (χ1n) is 7.96. The third kappa shape index (κ3) is 2.18. The van der Waals surface area contributed by atoms with Crippen molar-refractivity contribution >= 4 is 23.0 Å². The number of hydrogen-bond donors (Lipinski definition) is 1. The van der Waals surface area contributed by atoms with Gasteiger partial charge in [0.05, 0.1) is 5.52 Å². The van der Waals surface area contributed by atoms with E-state index in [1.165, 1.54) is 0 Å². The van der Waals surface area contributed by atoms with Crippen LogP contribution in [0.15, 0.2) is 18.3 Å². The van der Waals surface area contributed by atoms with Crippen molar-refractivity contribution in [1.29, 1.82) is 0 Å². The molecule has 2 aliphatic rings. The smallest absolute Gasteiger partial charge is 0.289 e. The first-order valence-corrected chi connectivity index (χ1v) is 7.96. The fourth-order valence-corrected chi connectivity index (χ4v) is 3.75. The minimum Gasteiger partial charge on any atom is -0.340 e. The van der Waals surface area contributed by atoms with Crippen LogP contribution in [0, 0.1) is 0 Å². The maximum atomic E-state index is 12.6. The monoisotopic (exact) mass is 313 g/mol. The molecule has 0 unspecified atom stereocenters. The molecule has 2 amide bonds. The Kier molecular flexibility index (Phi) is 3.11. The number of carbonyl (C=O) groups excluding carboxylic acids is 2. The molecular formula is C16H19N5O2. The van der Waals surface area contributed by atoms with Gasteiger partial charge in [-0.05, 0) is 31.4 Å². The topological polar surface area (TPSA) is 82.2 Å². The van der Waals surface area contributed by atoms with E-state index in [4.69, 9.17) is 0 Å². The summed E-state index contributed by atoms with van der Waals surface area (Å²) in [6, 6.07) is 3.67. The Labute approximate surface area is 133 Å². The predicted molar refractivity (Wildman–Crippen MR) is 83.8 cm³/mol. The molecule has 2 aliphatic heterocycles. The summed E-state index contributed by atoms with van der Waals surface area (Å²) in [6.07, 6.45) is 4.85. The van der Waals surface area contributed by atoms with Gasteiger partial charge in [-0.15, -0.1) is 0 Å². The summed E-state index contributed by atoms with van der Waals surface area (Å²) in [7, 11) is 1.89. The van der Waals surface area contributed by atoms with Crippen molar-refractivity contribution in [3.63, 3.8) is 0 Å². The van der Waals surface area contributed by atoms with Crippen LogP contribution in [0.3, 0.4) is 0 Å². The third-order valence-electron chi connectivity index (χ3n) is 5.33. The molecule has 0 saturated carbocycles. The number of likely N-dealkylation sites (tertiary alicyclic amines) is 2. The second kappa shape index (κ2) is 5.04. The molecule has 2 fully saturated rings. The van der Waals surface area contributed by atoms with Crippen molar-refractivity contribution in [1.82, 2.24) is 24.8 Å². The number of piperidine rings is 1. The number of aromatic nitrogens is 3. The fraction of sp³-hybridized carbons (Fsp3) is 0.500. The van der Waals surface area contributed by atoms with Crippen LogP contribution in [0.1, 0.15) is 36.3 Å². The summed E-state index contributed by atoms with van der Waals surface area (Å²) < 4.78 is 0. The van der Waals surface area contributed by atoms with Gasteiger partial charge in [-0.25, -0.2) is 9.97 Å². The highest BCUT2D eigenvalue weighted by Crippen LogP contribution is 2.38. The van der Waals surface area contributed by atoms with Crippen LogP contribution < -0.4 is 0 Å². The van der Waals surface area contributed by atoms with Crippen LogP contribution in [-0.4, -0.2) is 62.2 Å². The van der Waals surface area contributed by atoms with Crippen LogP contribution in [0.25, 0.3) is 11.2 Å². The zero-order chi connectivity index (χ0) is 16.0. The molecule has 0 atom stereocenters. The normalized spacial score (nSPS) is 20.7. The van der Waals surface area contributed by atoms with Gasteiger partial charge in [0.15, 0.2) is 11.5 Å². The standard InChI is InChI=1S/C16H19N5O2/c1-20-12(22)4-5-16(20)6-9-21(10-7-16)15(23)14-18-11-3-2-8-17-13(11)19-14/h2-3,8H,4-7,9-10H2,1H3,(H,17,18,19). The van der Waals surface area contributed by atoms with E-state index in [9.17, 15) is 9.59 Å². The lowest BCUT2D eigenvalue weighted by atomic mass is 9.85. The zero-order valence-electron chi connectivity index (χ0n) is 13.1. The Balaban J connectivity index is 1.50. The summed E-state index contributed by atoms with van der Waals surface area (Å²) in [5, 5.41) is 0. The third-order valence-corrected chi connectivity index (χ3v) is 5.33. The number of nitrogens with one attached hydrogen (secondary N) is 1. The molecular weight excluding hydrogens is 294 g/mol. The van der Waals surface area contributed by atoms with Crippen molar-refractivity contribution in [2.24, 2.45) is 0 Å². The minimum absolute atomic E-state index is 0.0523. The highest BCUT2D eigenvalue weighted by molar-refractivity contribution is 5.93. The highest BCUT2D eigenvalue weighted by atomic mass is 16.2. The van der Waals surface area contributed by atoms with E-state index in [2.05, 4.69) is 15.0 Å². The van der Waals surface area contributed by atoms with Gasteiger partial charge in [0.2, 0.25) is 5.91 Å². The van der Waals surface area contributed by atoms with E-state index < -0.39 is 0 Å². The summed E-state index contributed by atoms with van der Waals surface area (Å²) >= 11 is 0. The molecule has 0 radical (unpaired) electrons. The molecule has 7 heteroatoms. The summed E-state index contributed by atoms with van der Waals surface area (Å²) in [5.74, 6) is 0.462. The minimum atomic E-state index is -0.0928. The Bertz CT molecular complexity index is 743. The average molecular weight is 313 g/mol. The van der Waals surface area contributed by atoms with Crippen LogP contribution in [-0.2, 0) is 4.79 Å². The predicted octanol–water partition coefficient (Wildman–Crippen LogP) is 1.18. The second-order valence-electron chi connectivity index (χ2n) is 6.43. The van der Waals surface area contributed by atoms with E-state index in [-0.39, 0.29) is 17.4 Å². The summed E-state index contributed by atoms with van der Waals surface area (Å²) in [6.45, 7) is 1.31. The molecule has 7 nitrogen and oxygen atoms in total. The van der Waals surface area contributed by atoms with E-state index in [1.54, 1.807) is 6.20 Å². The molecule has 2 saturated heterocycles. The van der Waals surface area contributed by atoms with Crippen molar-refractivity contribution in [3.8, 4) is 0 Å². The molecule has 1 N–H and O–H groups in total. The number of fused-ring (bicyclic) bond motifs is 1. The lowest BCUT2D eigenvalue weighted by Gasteiger charge is -2.43. The maximum Gasteiger partial charge on any atom is 0.289 e. The molecule has 1 spiro atoms. The lowest BCUT2D eigenvalue weighted by Crippen LogP contribution is -2.52. The number of pyridine rings is 1. The summed E-state index contributed by atoms with van der Waals surface area (Å²) in [5.41, 5.74) is 1.28. The van der Waals surface area contributed by atoms with Gasteiger partial charge >= 0.3 is 0 Å². The van der Waals surface area contributed by atoms with E-state index in [0.29, 0.717) is 31.0 Å². The molecule has 2 aromatic rings. The number of hydrogen-bond acceptors (Lipinski definition) is 4. The molecule has 2 aromatic heterocycles. The lowest BCUT2D eigenvalue weighted by molar-refractivity contribution is -0.130. The number of aromatic amines is 1. The summed E-state index contributed by atoms with van der Waals surface area (Å²) in [4.78, 5) is 39.6. The highest BCUT2D eigenvalue weighted by Gasteiger charge is 2.45. The van der Waals surface area contributed by atoms with Gasteiger partial charge in [-0.3, -0.25) is 9.59 Å². The fourth-order valence-electron chi connectivity index (χ4n) is 3.75. The number of amides is 2. The number of carbonyl (C=O) groups is 2. The Morgan fingerprint density at radius 3 is 2.74 bits per heavy atom. The van der Waals surface area contributed by atoms with Crippen LogP contribution >= 0.6 is 0 Å². The SMILES string of the molecule is CN1C(=O)CCC12CCN(C(=O)c1nc3ncccc3[nH]1)CC2. The number of H-pyrrole nitrogens is 1. The zero-order valence-corrected chi connectivity index (χ0v) is 13.1. The number of rotatable bonds is 1. The number of imidazole rings is 1.